The van der Waals surface area contributed by atoms with Crippen molar-refractivity contribution in [3.63, 3.8) is 0 Å². The number of hydrogen-bond acceptors (Lipinski definition) is 2. The third kappa shape index (κ3) is 5.77. The van der Waals surface area contributed by atoms with E-state index in [0.29, 0.717) is 18.4 Å². The number of hydrogen-bond donors (Lipinski definition) is 0. The van der Waals surface area contributed by atoms with E-state index < -0.39 is 0 Å². The Balaban J connectivity index is 2.29. The van der Waals surface area contributed by atoms with Gasteiger partial charge in [0.1, 0.15) is 6.61 Å². The fourth-order valence-corrected chi connectivity index (χ4v) is 1.65. The minimum Gasteiger partial charge on any atom is -0.445 e. The third-order valence-corrected chi connectivity index (χ3v) is 3.57. The van der Waals surface area contributed by atoms with E-state index in [-0.39, 0.29) is 6.09 Å². The van der Waals surface area contributed by atoms with Crippen molar-refractivity contribution < 1.29 is 9.53 Å². The Bertz CT molecular complexity index is 376. The van der Waals surface area contributed by atoms with Crippen LogP contribution in [0.5, 0.6) is 0 Å². The van der Waals surface area contributed by atoms with Crippen LogP contribution < -0.4 is 0 Å². The van der Waals surface area contributed by atoms with Crippen LogP contribution in [0.3, 0.4) is 0 Å². The molecular formula is C16H25NO2. The summed E-state index contributed by atoms with van der Waals surface area (Å²) < 4.78 is 5.27. The molecule has 0 saturated carbocycles. The van der Waals surface area contributed by atoms with Crippen LogP contribution in [0.15, 0.2) is 30.3 Å². The summed E-state index contributed by atoms with van der Waals surface area (Å²) in [5.41, 5.74) is 1.01. The van der Waals surface area contributed by atoms with Crippen molar-refractivity contribution in [3.8, 4) is 0 Å². The summed E-state index contributed by atoms with van der Waals surface area (Å²) in [5.74, 6) is 1.26. The highest BCUT2D eigenvalue weighted by molar-refractivity contribution is 5.67. The first-order valence-electron chi connectivity index (χ1n) is 6.92. The molecule has 3 nitrogen and oxygen atoms in total. The summed E-state index contributed by atoms with van der Waals surface area (Å²) in [4.78, 5) is 13.5. The molecule has 0 spiro atoms. The number of nitrogens with zero attached hydrogens (tertiary/aromatic N) is 1. The van der Waals surface area contributed by atoms with E-state index in [0.717, 1.165) is 18.5 Å². The van der Waals surface area contributed by atoms with Crippen LogP contribution in [-0.2, 0) is 11.3 Å². The molecule has 0 saturated heterocycles. The molecule has 1 aromatic carbocycles. The summed E-state index contributed by atoms with van der Waals surface area (Å²) in [6, 6.07) is 9.74. The summed E-state index contributed by atoms with van der Waals surface area (Å²) in [6.45, 7) is 7.71. The molecule has 0 aromatic heterocycles. The largest absolute Gasteiger partial charge is 0.445 e. The van der Waals surface area contributed by atoms with Crippen LogP contribution in [0.1, 0.15) is 32.8 Å². The smallest absolute Gasteiger partial charge is 0.409 e. The number of rotatable bonds is 6. The van der Waals surface area contributed by atoms with Crippen LogP contribution in [0.25, 0.3) is 0 Å². The predicted octanol–water partition coefficient (Wildman–Crippen LogP) is 3.94. The minimum absolute atomic E-state index is 0.250. The van der Waals surface area contributed by atoms with Gasteiger partial charge in [0.15, 0.2) is 0 Å². The van der Waals surface area contributed by atoms with Gasteiger partial charge in [-0.15, -0.1) is 0 Å². The van der Waals surface area contributed by atoms with Crippen molar-refractivity contribution in [1.82, 2.24) is 4.90 Å². The molecule has 1 unspecified atom stereocenters. The lowest BCUT2D eigenvalue weighted by Gasteiger charge is -2.21. The van der Waals surface area contributed by atoms with Gasteiger partial charge in [-0.1, -0.05) is 51.1 Å². The Morgan fingerprint density at radius 3 is 2.42 bits per heavy atom. The lowest BCUT2D eigenvalue weighted by molar-refractivity contribution is 0.102. The lowest BCUT2D eigenvalue weighted by atomic mass is 9.95. The van der Waals surface area contributed by atoms with Crippen molar-refractivity contribution in [2.75, 3.05) is 13.6 Å². The molecule has 3 heteroatoms. The fourth-order valence-electron chi connectivity index (χ4n) is 1.65. The molecular weight excluding hydrogens is 238 g/mol. The maximum atomic E-state index is 11.8. The summed E-state index contributed by atoms with van der Waals surface area (Å²) in [6.07, 6.45) is 0.758. The number of benzene rings is 1. The van der Waals surface area contributed by atoms with Crippen molar-refractivity contribution >= 4 is 6.09 Å². The molecule has 0 heterocycles. The molecule has 1 atom stereocenters. The monoisotopic (exact) mass is 263 g/mol. The Morgan fingerprint density at radius 2 is 1.84 bits per heavy atom. The molecule has 0 fully saturated rings. The molecule has 19 heavy (non-hydrogen) atoms. The SMILES string of the molecule is CC(C)C(C)CCN(C)C(=O)OCc1ccccc1. The molecule has 0 bridgehead atoms. The highest BCUT2D eigenvalue weighted by Gasteiger charge is 2.13. The molecule has 0 N–H and O–H groups in total. The second kappa shape index (κ2) is 7.82. The van der Waals surface area contributed by atoms with E-state index in [9.17, 15) is 4.79 Å². The fraction of sp³-hybridized carbons (Fsp3) is 0.562. The van der Waals surface area contributed by atoms with E-state index in [4.69, 9.17) is 4.74 Å². The molecule has 0 radical (unpaired) electrons. The number of amides is 1. The van der Waals surface area contributed by atoms with E-state index in [1.165, 1.54) is 0 Å². The first kappa shape index (κ1) is 15.5. The van der Waals surface area contributed by atoms with Crippen molar-refractivity contribution in [2.24, 2.45) is 11.8 Å². The zero-order chi connectivity index (χ0) is 14.3. The predicted molar refractivity (Wildman–Crippen MR) is 77.9 cm³/mol. The van der Waals surface area contributed by atoms with Gasteiger partial charge in [-0.2, -0.15) is 0 Å². The second-order valence-corrected chi connectivity index (χ2v) is 5.47. The van der Waals surface area contributed by atoms with Gasteiger partial charge in [0.25, 0.3) is 0 Å². The molecule has 0 aliphatic rings. The van der Waals surface area contributed by atoms with E-state index in [2.05, 4.69) is 20.8 Å². The minimum atomic E-state index is -0.250. The van der Waals surface area contributed by atoms with Crippen molar-refractivity contribution in [1.29, 1.82) is 0 Å². The topological polar surface area (TPSA) is 29.5 Å². The Kier molecular flexibility index (Phi) is 6.40. The molecule has 1 rings (SSSR count). The zero-order valence-electron chi connectivity index (χ0n) is 12.4. The van der Waals surface area contributed by atoms with Crippen LogP contribution >= 0.6 is 0 Å². The maximum absolute atomic E-state index is 11.8. The van der Waals surface area contributed by atoms with Gasteiger partial charge in [0, 0.05) is 13.6 Å². The van der Waals surface area contributed by atoms with Gasteiger partial charge in [-0.25, -0.2) is 4.79 Å². The average molecular weight is 263 g/mol. The second-order valence-electron chi connectivity index (χ2n) is 5.47. The lowest BCUT2D eigenvalue weighted by Crippen LogP contribution is -2.29. The first-order valence-corrected chi connectivity index (χ1v) is 6.92. The number of carbonyl (C=O) groups excluding carboxylic acids is 1. The van der Waals surface area contributed by atoms with Crippen LogP contribution in [0.4, 0.5) is 4.79 Å². The molecule has 0 aliphatic heterocycles. The van der Waals surface area contributed by atoms with E-state index >= 15 is 0 Å². The van der Waals surface area contributed by atoms with E-state index in [1.807, 2.05) is 30.3 Å². The van der Waals surface area contributed by atoms with Crippen LogP contribution in [-0.4, -0.2) is 24.6 Å². The molecule has 1 amide bonds. The normalized spacial score (nSPS) is 12.3. The number of ether oxygens (including phenoxy) is 1. The van der Waals surface area contributed by atoms with Crippen molar-refractivity contribution in [3.05, 3.63) is 35.9 Å². The zero-order valence-corrected chi connectivity index (χ0v) is 12.4. The molecule has 106 valence electrons. The quantitative estimate of drug-likeness (QED) is 0.778. The van der Waals surface area contributed by atoms with E-state index in [1.54, 1.807) is 11.9 Å². The van der Waals surface area contributed by atoms with Crippen LogP contribution in [0, 0.1) is 11.8 Å². The van der Waals surface area contributed by atoms with Gasteiger partial charge in [-0.3, -0.25) is 0 Å². The Hall–Kier alpha value is -1.51. The highest BCUT2D eigenvalue weighted by Crippen LogP contribution is 2.14. The summed E-state index contributed by atoms with van der Waals surface area (Å²) >= 11 is 0. The van der Waals surface area contributed by atoms with Gasteiger partial charge < -0.3 is 9.64 Å². The van der Waals surface area contributed by atoms with Gasteiger partial charge >= 0.3 is 6.09 Å². The van der Waals surface area contributed by atoms with Gasteiger partial charge in [0.2, 0.25) is 0 Å². The first-order chi connectivity index (χ1) is 9.00. The highest BCUT2D eigenvalue weighted by atomic mass is 16.6. The number of carbonyl (C=O) groups is 1. The molecule has 0 aliphatic carbocycles. The Morgan fingerprint density at radius 1 is 1.21 bits per heavy atom. The molecule has 1 aromatic rings. The summed E-state index contributed by atoms with van der Waals surface area (Å²) in [5, 5.41) is 0. The van der Waals surface area contributed by atoms with Crippen molar-refractivity contribution in [2.45, 2.75) is 33.8 Å². The van der Waals surface area contributed by atoms with Gasteiger partial charge in [-0.05, 0) is 23.8 Å². The average Bonchev–Trinajstić information content (AvgIpc) is 2.42. The Labute approximate surface area is 116 Å². The van der Waals surface area contributed by atoms with Crippen LogP contribution in [0.2, 0.25) is 0 Å². The summed E-state index contributed by atoms with van der Waals surface area (Å²) in [7, 11) is 1.79. The van der Waals surface area contributed by atoms with Gasteiger partial charge in [0.05, 0.1) is 0 Å². The standard InChI is InChI=1S/C16H25NO2/c1-13(2)14(3)10-11-17(4)16(18)19-12-15-8-6-5-7-9-15/h5-9,13-14H,10-12H2,1-4H3. The third-order valence-electron chi connectivity index (χ3n) is 3.57. The maximum Gasteiger partial charge on any atom is 0.409 e.